The molecule has 0 aromatic heterocycles. The third kappa shape index (κ3) is 4.81. The van der Waals surface area contributed by atoms with Gasteiger partial charge in [-0.2, -0.15) is 0 Å². The van der Waals surface area contributed by atoms with Crippen molar-refractivity contribution >= 4 is 17.6 Å². The molecule has 124 valence electrons. The van der Waals surface area contributed by atoms with Gasteiger partial charge in [0.1, 0.15) is 0 Å². The third-order valence-electron chi connectivity index (χ3n) is 3.75. The van der Waals surface area contributed by atoms with Crippen LogP contribution in [0.4, 0.5) is 10.1 Å². The number of aliphatic carboxylic acids is 1. The van der Waals surface area contributed by atoms with E-state index in [1.165, 1.54) is 19.1 Å². The van der Waals surface area contributed by atoms with Crippen LogP contribution < -0.4 is 10.1 Å². The molecule has 6 heteroatoms. The second-order valence-corrected chi connectivity index (χ2v) is 5.56. The molecule has 0 bridgehead atoms. The monoisotopic (exact) mass is 321 g/mol. The van der Waals surface area contributed by atoms with Gasteiger partial charge in [0.05, 0.1) is 0 Å². The lowest BCUT2D eigenvalue weighted by Crippen LogP contribution is -2.24. The molecule has 1 unspecified atom stereocenters. The predicted molar refractivity (Wildman–Crippen MR) is 83.9 cm³/mol. The SMILES string of the molecule is CC(Oc1ccc(NC(=O)C2CCC=CCC2)cc1F)C(=O)O. The average molecular weight is 321 g/mol. The van der Waals surface area contributed by atoms with Crippen LogP contribution in [-0.4, -0.2) is 23.1 Å². The Morgan fingerprint density at radius 2 is 1.96 bits per heavy atom. The molecule has 0 heterocycles. The highest BCUT2D eigenvalue weighted by atomic mass is 19.1. The number of carboxylic acids is 1. The number of ether oxygens (including phenoxy) is 1. The van der Waals surface area contributed by atoms with E-state index < -0.39 is 17.9 Å². The van der Waals surface area contributed by atoms with Crippen molar-refractivity contribution in [2.45, 2.75) is 38.7 Å². The summed E-state index contributed by atoms with van der Waals surface area (Å²) in [5, 5.41) is 11.5. The number of benzene rings is 1. The summed E-state index contributed by atoms with van der Waals surface area (Å²) in [4.78, 5) is 22.9. The molecule has 0 saturated heterocycles. The molecule has 23 heavy (non-hydrogen) atoms. The first kappa shape index (κ1) is 17.0. The molecule has 1 aromatic rings. The van der Waals surface area contributed by atoms with Crippen molar-refractivity contribution in [3.63, 3.8) is 0 Å². The topological polar surface area (TPSA) is 75.6 Å². The van der Waals surface area contributed by atoms with Crippen LogP contribution in [0.1, 0.15) is 32.6 Å². The van der Waals surface area contributed by atoms with Crippen LogP contribution in [0.15, 0.2) is 30.4 Å². The highest BCUT2D eigenvalue weighted by Gasteiger charge is 2.20. The number of halogens is 1. The second kappa shape index (κ2) is 7.76. The van der Waals surface area contributed by atoms with Crippen molar-refractivity contribution in [3.8, 4) is 5.75 Å². The van der Waals surface area contributed by atoms with Crippen LogP contribution in [0.2, 0.25) is 0 Å². The van der Waals surface area contributed by atoms with Gasteiger partial charge in [-0.05, 0) is 44.7 Å². The van der Waals surface area contributed by atoms with Crippen molar-refractivity contribution in [1.82, 2.24) is 0 Å². The van der Waals surface area contributed by atoms with Crippen LogP contribution in [0.25, 0.3) is 0 Å². The Balaban J connectivity index is 1.99. The Morgan fingerprint density at radius 3 is 2.52 bits per heavy atom. The van der Waals surface area contributed by atoms with Crippen molar-refractivity contribution in [3.05, 3.63) is 36.2 Å². The van der Waals surface area contributed by atoms with E-state index in [2.05, 4.69) is 17.5 Å². The van der Waals surface area contributed by atoms with Gasteiger partial charge in [-0.3, -0.25) is 4.79 Å². The van der Waals surface area contributed by atoms with E-state index in [9.17, 15) is 14.0 Å². The molecule has 5 nitrogen and oxygen atoms in total. The Morgan fingerprint density at radius 1 is 1.30 bits per heavy atom. The normalized spacial score (nSPS) is 16.4. The Labute approximate surface area is 134 Å². The summed E-state index contributed by atoms with van der Waals surface area (Å²) in [5.74, 6) is -2.25. The van der Waals surface area contributed by atoms with Crippen LogP contribution in [0.5, 0.6) is 5.75 Å². The highest BCUT2D eigenvalue weighted by molar-refractivity contribution is 5.92. The van der Waals surface area contributed by atoms with E-state index in [1.54, 1.807) is 0 Å². The minimum Gasteiger partial charge on any atom is -0.479 e. The quantitative estimate of drug-likeness (QED) is 0.815. The maximum absolute atomic E-state index is 14.0. The van der Waals surface area contributed by atoms with Gasteiger partial charge in [0.2, 0.25) is 5.91 Å². The van der Waals surface area contributed by atoms with E-state index in [-0.39, 0.29) is 17.6 Å². The van der Waals surface area contributed by atoms with E-state index in [0.29, 0.717) is 5.69 Å². The number of carbonyl (C=O) groups is 2. The number of nitrogens with one attached hydrogen (secondary N) is 1. The zero-order chi connectivity index (χ0) is 16.8. The van der Waals surface area contributed by atoms with E-state index in [1.807, 2.05) is 0 Å². The van der Waals surface area contributed by atoms with Gasteiger partial charge >= 0.3 is 5.97 Å². The summed E-state index contributed by atoms with van der Waals surface area (Å²) >= 11 is 0. The van der Waals surface area contributed by atoms with Gasteiger partial charge < -0.3 is 15.2 Å². The number of carbonyl (C=O) groups excluding carboxylic acids is 1. The zero-order valence-corrected chi connectivity index (χ0v) is 12.9. The minimum atomic E-state index is -1.18. The molecule has 0 aliphatic heterocycles. The van der Waals surface area contributed by atoms with Gasteiger partial charge in [0, 0.05) is 17.7 Å². The fourth-order valence-electron chi connectivity index (χ4n) is 2.40. The van der Waals surface area contributed by atoms with Crippen LogP contribution >= 0.6 is 0 Å². The molecule has 0 fully saturated rings. The summed E-state index contributed by atoms with van der Waals surface area (Å²) in [7, 11) is 0. The molecule has 0 saturated carbocycles. The molecular weight excluding hydrogens is 301 g/mol. The number of hydrogen-bond acceptors (Lipinski definition) is 3. The molecule has 2 rings (SSSR count). The lowest BCUT2D eigenvalue weighted by molar-refractivity contribution is -0.144. The summed E-state index contributed by atoms with van der Waals surface area (Å²) in [5.41, 5.74) is 0.333. The molecule has 1 aromatic carbocycles. The maximum Gasteiger partial charge on any atom is 0.344 e. The third-order valence-corrected chi connectivity index (χ3v) is 3.75. The van der Waals surface area contributed by atoms with Crippen LogP contribution in [0, 0.1) is 11.7 Å². The first-order valence-electron chi connectivity index (χ1n) is 7.62. The number of rotatable bonds is 5. The van der Waals surface area contributed by atoms with Crippen molar-refractivity contribution in [2.24, 2.45) is 5.92 Å². The van der Waals surface area contributed by atoms with Gasteiger partial charge in [-0.15, -0.1) is 0 Å². The average Bonchev–Trinajstić information content (AvgIpc) is 2.79. The van der Waals surface area contributed by atoms with E-state index in [0.717, 1.165) is 31.7 Å². The number of anilines is 1. The summed E-state index contributed by atoms with van der Waals surface area (Å²) in [6.07, 6.45) is 6.29. The largest absolute Gasteiger partial charge is 0.479 e. The second-order valence-electron chi connectivity index (χ2n) is 5.56. The first-order chi connectivity index (χ1) is 11.0. The van der Waals surface area contributed by atoms with Crippen LogP contribution in [0.3, 0.4) is 0 Å². The lowest BCUT2D eigenvalue weighted by Gasteiger charge is -2.15. The van der Waals surface area contributed by atoms with Gasteiger partial charge in [-0.25, -0.2) is 9.18 Å². The predicted octanol–water partition coefficient (Wildman–Crippen LogP) is 3.36. The fourth-order valence-corrected chi connectivity index (χ4v) is 2.40. The molecule has 1 aliphatic rings. The maximum atomic E-state index is 14.0. The van der Waals surface area contributed by atoms with Gasteiger partial charge in [-0.1, -0.05) is 12.2 Å². The Bertz CT molecular complexity index is 605. The molecular formula is C17H20FNO4. The number of amides is 1. The number of carboxylic acid groups (broad SMARTS) is 1. The molecule has 2 N–H and O–H groups in total. The molecule has 1 aliphatic carbocycles. The van der Waals surface area contributed by atoms with Crippen LogP contribution in [-0.2, 0) is 9.59 Å². The van der Waals surface area contributed by atoms with Crippen molar-refractivity contribution in [1.29, 1.82) is 0 Å². The summed E-state index contributed by atoms with van der Waals surface area (Å²) in [6, 6.07) is 3.95. The fraction of sp³-hybridized carbons (Fsp3) is 0.412. The Hall–Kier alpha value is -2.37. The smallest absolute Gasteiger partial charge is 0.344 e. The first-order valence-corrected chi connectivity index (χ1v) is 7.62. The van der Waals surface area contributed by atoms with E-state index in [4.69, 9.17) is 9.84 Å². The van der Waals surface area contributed by atoms with Gasteiger partial charge in [0.15, 0.2) is 17.7 Å². The van der Waals surface area contributed by atoms with Crippen molar-refractivity contribution < 1.29 is 23.8 Å². The summed E-state index contributed by atoms with van der Waals surface area (Å²) in [6.45, 7) is 1.32. The number of hydrogen-bond donors (Lipinski definition) is 2. The molecule has 0 spiro atoms. The lowest BCUT2D eigenvalue weighted by atomic mass is 9.99. The van der Waals surface area contributed by atoms with Gasteiger partial charge in [0.25, 0.3) is 0 Å². The molecule has 0 radical (unpaired) electrons. The molecule has 1 amide bonds. The summed E-state index contributed by atoms with van der Waals surface area (Å²) < 4.78 is 19.0. The van der Waals surface area contributed by atoms with E-state index >= 15 is 0 Å². The number of allylic oxidation sites excluding steroid dienone is 2. The minimum absolute atomic E-state index is 0.0870. The van der Waals surface area contributed by atoms with Crippen molar-refractivity contribution in [2.75, 3.05) is 5.32 Å². The highest BCUT2D eigenvalue weighted by Crippen LogP contribution is 2.24. The standard InChI is InChI=1S/C17H20FNO4/c1-11(17(21)22)23-15-9-8-13(10-14(15)18)19-16(20)12-6-4-2-3-5-7-12/h2-3,8-12H,4-7H2,1H3,(H,19,20)(H,21,22). The molecule has 1 atom stereocenters. The zero-order valence-electron chi connectivity index (χ0n) is 12.9. The Kier molecular flexibility index (Phi) is 5.73.